The van der Waals surface area contributed by atoms with Crippen molar-refractivity contribution in [3.05, 3.63) is 108 Å². The third-order valence-corrected chi connectivity index (χ3v) is 5.07. The standard InChI is InChI=1S/C24H21NO/c1-25-22-15-9-8-14-21(22)23(24(25)26)20(19-12-6-3-7-13-19)17-16-18-10-4-2-5-11-18/h2-17,20,23H,1H3/b17-16+/t20-,23+/m0/s1. The van der Waals surface area contributed by atoms with Crippen LogP contribution in [0.25, 0.3) is 6.08 Å². The molecule has 0 unspecified atom stereocenters. The normalized spacial score (nSPS) is 17.5. The third-order valence-electron chi connectivity index (χ3n) is 5.07. The van der Waals surface area contributed by atoms with Gasteiger partial charge >= 0.3 is 0 Å². The number of hydrogen-bond acceptors (Lipinski definition) is 1. The lowest BCUT2D eigenvalue weighted by atomic mass is 9.81. The van der Waals surface area contributed by atoms with E-state index in [9.17, 15) is 4.79 Å². The molecule has 0 spiro atoms. The maximum atomic E-state index is 13.1. The molecule has 3 aromatic carbocycles. The van der Waals surface area contributed by atoms with Gasteiger partial charge in [0.05, 0.1) is 5.92 Å². The average Bonchev–Trinajstić information content (AvgIpc) is 2.95. The van der Waals surface area contributed by atoms with Crippen LogP contribution in [-0.2, 0) is 4.79 Å². The van der Waals surface area contributed by atoms with Crippen LogP contribution >= 0.6 is 0 Å². The first-order chi connectivity index (χ1) is 12.8. The molecule has 2 nitrogen and oxygen atoms in total. The molecule has 3 aromatic rings. The number of anilines is 1. The Morgan fingerprint density at radius 1 is 0.846 bits per heavy atom. The largest absolute Gasteiger partial charge is 0.315 e. The molecular weight excluding hydrogens is 318 g/mol. The van der Waals surface area contributed by atoms with Crippen LogP contribution in [0, 0.1) is 0 Å². The summed E-state index contributed by atoms with van der Waals surface area (Å²) in [6, 6.07) is 28.6. The van der Waals surface area contributed by atoms with Gasteiger partial charge in [0.25, 0.3) is 0 Å². The summed E-state index contributed by atoms with van der Waals surface area (Å²) in [5.74, 6) is -0.0497. The third kappa shape index (κ3) is 2.95. The van der Waals surface area contributed by atoms with Gasteiger partial charge in [0.15, 0.2) is 0 Å². The zero-order valence-corrected chi connectivity index (χ0v) is 14.7. The Bertz CT molecular complexity index is 931. The van der Waals surface area contributed by atoms with E-state index in [2.05, 4.69) is 42.5 Å². The number of allylic oxidation sites excluding steroid dienone is 1. The minimum atomic E-state index is -0.196. The number of carbonyl (C=O) groups excluding carboxylic acids is 1. The lowest BCUT2D eigenvalue weighted by Crippen LogP contribution is -2.26. The molecule has 1 amide bonds. The maximum absolute atomic E-state index is 13.1. The lowest BCUT2D eigenvalue weighted by Gasteiger charge is -2.21. The number of carbonyl (C=O) groups is 1. The van der Waals surface area contributed by atoms with Crippen LogP contribution in [0.5, 0.6) is 0 Å². The Labute approximate surface area is 154 Å². The lowest BCUT2D eigenvalue weighted by molar-refractivity contribution is -0.119. The molecule has 4 rings (SSSR count). The molecule has 1 heterocycles. The van der Waals surface area contributed by atoms with Crippen molar-refractivity contribution in [3.8, 4) is 0 Å². The zero-order valence-electron chi connectivity index (χ0n) is 14.7. The number of likely N-dealkylation sites (N-methyl/N-ethyl adjacent to an activating group) is 1. The first kappa shape index (κ1) is 16.3. The molecular formula is C24H21NO. The molecule has 0 N–H and O–H groups in total. The van der Waals surface area contributed by atoms with Crippen molar-refractivity contribution in [2.75, 3.05) is 11.9 Å². The van der Waals surface area contributed by atoms with Crippen molar-refractivity contribution in [2.45, 2.75) is 11.8 Å². The highest BCUT2D eigenvalue weighted by Gasteiger charge is 2.39. The molecule has 0 bridgehead atoms. The van der Waals surface area contributed by atoms with Gasteiger partial charge in [-0.2, -0.15) is 0 Å². The summed E-state index contributed by atoms with van der Waals surface area (Å²) in [5, 5.41) is 0. The molecule has 0 fully saturated rings. The SMILES string of the molecule is CN1C(=O)[C@H]([C@@H](/C=C/c2ccccc2)c2ccccc2)c2ccccc21. The molecule has 0 saturated heterocycles. The van der Waals surface area contributed by atoms with Crippen molar-refractivity contribution in [3.63, 3.8) is 0 Å². The Balaban J connectivity index is 1.79. The van der Waals surface area contributed by atoms with Crippen LogP contribution in [0.2, 0.25) is 0 Å². The summed E-state index contributed by atoms with van der Waals surface area (Å²) < 4.78 is 0. The van der Waals surface area contributed by atoms with Crippen molar-refractivity contribution in [1.29, 1.82) is 0 Å². The number of hydrogen-bond donors (Lipinski definition) is 0. The van der Waals surface area contributed by atoms with Crippen molar-refractivity contribution in [1.82, 2.24) is 0 Å². The highest BCUT2D eigenvalue weighted by atomic mass is 16.2. The highest BCUT2D eigenvalue weighted by Crippen LogP contribution is 2.45. The van der Waals surface area contributed by atoms with E-state index in [1.54, 1.807) is 4.90 Å². The van der Waals surface area contributed by atoms with Crippen LogP contribution in [0.15, 0.2) is 91.0 Å². The Morgan fingerprint density at radius 2 is 1.46 bits per heavy atom. The first-order valence-corrected chi connectivity index (χ1v) is 8.90. The molecule has 0 radical (unpaired) electrons. The molecule has 0 saturated carbocycles. The van der Waals surface area contributed by atoms with Crippen molar-refractivity contribution in [2.24, 2.45) is 0 Å². The Kier molecular flexibility index (Phi) is 4.40. The summed E-state index contributed by atoms with van der Waals surface area (Å²) in [5.41, 5.74) is 4.41. The van der Waals surface area contributed by atoms with E-state index in [4.69, 9.17) is 0 Å². The first-order valence-electron chi connectivity index (χ1n) is 8.90. The van der Waals surface area contributed by atoms with Crippen molar-refractivity contribution < 1.29 is 4.79 Å². The van der Waals surface area contributed by atoms with Gasteiger partial charge < -0.3 is 4.90 Å². The van der Waals surface area contributed by atoms with E-state index in [-0.39, 0.29) is 17.7 Å². The van der Waals surface area contributed by atoms with E-state index < -0.39 is 0 Å². The van der Waals surface area contributed by atoms with Gasteiger partial charge in [-0.15, -0.1) is 0 Å². The molecule has 1 aliphatic heterocycles. The second-order valence-corrected chi connectivity index (χ2v) is 6.64. The van der Waals surface area contributed by atoms with Crippen LogP contribution in [0.4, 0.5) is 5.69 Å². The van der Waals surface area contributed by atoms with Gasteiger partial charge in [-0.05, 0) is 22.8 Å². The number of rotatable bonds is 4. The van der Waals surface area contributed by atoms with Crippen LogP contribution in [0.3, 0.4) is 0 Å². The molecule has 1 aliphatic rings. The van der Waals surface area contributed by atoms with Gasteiger partial charge in [0, 0.05) is 18.7 Å². The number of para-hydroxylation sites is 1. The zero-order chi connectivity index (χ0) is 17.9. The maximum Gasteiger partial charge on any atom is 0.235 e. The quantitative estimate of drug-likeness (QED) is 0.636. The predicted octanol–water partition coefficient (Wildman–Crippen LogP) is 5.24. The summed E-state index contributed by atoms with van der Waals surface area (Å²) in [6.45, 7) is 0. The van der Waals surface area contributed by atoms with Crippen molar-refractivity contribution >= 4 is 17.7 Å². The van der Waals surface area contributed by atoms with Gasteiger partial charge in [0.2, 0.25) is 5.91 Å². The van der Waals surface area contributed by atoms with Gasteiger partial charge in [-0.25, -0.2) is 0 Å². The summed E-state index contributed by atoms with van der Waals surface area (Å²) in [7, 11) is 1.87. The number of fused-ring (bicyclic) bond motifs is 1. The van der Waals surface area contributed by atoms with E-state index in [0.29, 0.717) is 0 Å². The number of benzene rings is 3. The predicted molar refractivity (Wildman–Crippen MR) is 107 cm³/mol. The molecule has 2 atom stereocenters. The second-order valence-electron chi connectivity index (χ2n) is 6.64. The van der Waals surface area contributed by atoms with Crippen LogP contribution in [0.1, 0.15) is 28.5 Å². The topological polar surface area (TPSA) is 20.3 Å². The Morgan fingerprint density at radius 3 is 2.19 bits per heavy atom. The molecule has 0 aliphatic carbocycles. The Hall–Kier alpha value is -3.13. The van der Waals surface area contributed by atoms with Gasteiger partial charge in [-0.1, -0.05) is 91.0 Å². The minimum Gasteiger partial charge on any atom is -0.315 e. The fourth-order valence-corrected chi connectivity index (χ4v) is 3.73. The molecule has 2 heteroatoms. The number of amides is 1. The van der Waals surface area contributed by atoms with E-state index in [1.807, 2.05) is 61.6 Å². The second kappa shape index (κ2) is 7.01. The van der Waals surface area contributed by atoms with E-state index in [0.717, 1.165) is 22.4 Å². The van der Waals surface area contributed by atoms with Crippen LogP contribution in [-0.4, -0.2) is 13.0 Å². The molecule has 26 heavy (non-hydrogen) atoms. The fourth-order valence-electron chi connectivity index (χ4n) is 3.73. The average molecular weight is 339 g/mol. The molecule has 128 valence electrons. The van der Waals surface area contributed by atoms with Gasteiger partial charge in [0.1, 0.15) is 0 Å². The monoisotopic (exact) mass is 339 g/mol. The fraction of sp³-hybridized carbons (Fsp3) is 0.125. The van der Waals surface area contributed by atoms with E-state index >= 15 is 0 Å². The summed E-state index contributed by atoms with van der Waals surface area (Å²) in [6.07, 6.45) is 4.29. The van der Waals surface area contributed by atoms with Gasteiger partial charge in [-0.3, -0.25) is 4.79 Å². The summed E-state index contributed by atoms with van der Waals surface area (Å²) >= 11 is 0. The minimum absolute atomic E-state index is 0.00462. The number of nitrogens with zero attached hydrogens (tertiary/aromatic N) is 1. The van der Waals surface area contributed by atoms with E-state index in [1.165, 1.54) is 0 Å². The molecule has 0 aromatic heterocycles. The smallest absolute Gasteiger partial charge is 0.235 e. The highest BCUT2D eigenvalue weighted by molar-refractivity contribution is 6.05. The van der Waals surface area contributed by atoms with Crippen LogP contribution < -0.4 is 4.90 Å². The summed E-state index contributed by atoms with van der Waals surface area (Å²) in [4.78, 5) is 14.9.